The zero-order valence-electron chi connectivity index (χ0n) is 10.3. The number of unbranched alkanes of at least 4 members (excludes halogenated alkanes) is 1. The van der Waals surface area contributed by atoms with Gasteiger partial charge in [0, 0.05) is 11.5 Å². The summed E-state index contributed by atoms with van der Waals surface area (Å²) in [5.41, 5.74) is 0.598. The second-order valence-corrected chi connectivity index (χ2v) is 5.52. The molecule has 0 radical (unpaired) electrons. The van der Waals surface area contributed by atoms with Crippen LogP contribution < -0.4 is 0 Å². The van der Waals surface area contributed by atoms with Crippen molar-refractivity contribution in [1.29, 1.82) is 0 Å². The second kappa shape index (κ2) is 4.84. The SMILES string of the molecule is CCCC[C@H](C)N1CCC2(CC1)COC2. The van der Waals surface area contributed by atoms with E-state index < -0.39 is 0 Å². The minimum absolute atomic E-state index is 0.598. The fraction of sp³-hybridized carbons (Fsp3) is 1.00. The van der Waals surface area contributed by atoms with Gasteiger partial charge in [-0.25, -0.2) is 0 Å². The average molecular weight is 211 g/mol. The minimum atomic E-state index is 0.598. The highest BCUT2D eigenvalue weighted by Crippen LogP contribution is 2.38. The van der Waals surface area contributed by atoms with E-state index in [2.05, 4.69) is 18.7 Å². The smallest absolute Gasteiger partial charge is 0.0545 e. The third-order valence-electron chi connectivity index (χ3n) is 4.27. The van der Waals surface area contributed by atoms with Crippen LogP contribution in [0.5, 0.6) is 0 Å². The predicted octanol–water partition coefficient (Wildman–Crippen LogP) is 2.68. The van der Waals surface area contributed by atoms with Gasteiger partial charge in [0.2, 0.25) is 0 Å². The Bertz CT molecular complexity index is 191. The molecule has 0 saturated carbocycles. The monoisotopic (exact) mass is 211 g/mol. The van der Waals surface area contributed by atoms with Gasteiger partial charge in [-0.3, -0.25) is 0 Å². The first kappa shape index (κ1) is 11.4. The maximum Gasteiger partial charge on any atom is 0.0545 e. The second-order valence-electron chi connectivity index (χ2n) is 5.52. The third-order valence-corrected chi connectivity index (χ3v) is 4.27. The van der Waals surface area contributed by atoms with Crippen LogP contribution in [0, 0.1) is 5.41 Å². The van der Waals surface area contributed by atoms with Gasteiger partial charge in [0.25, 0.3) is 0 Å². The molecule has 0 aromatic rings. The summed E-state index contributed by atoms with van der Waals surface area (Å²) in [5, 5.41) is 0. The number of ether oxygens (including phenoxy) is 1. The molecule has 2 fully saturated rings. The summed E-state index contributed by atoms with van der Waals surface area (Å²) < 4.78 is 5.36. The molecule has 0 aromatic carbocycles. The fourth-order valence-corrected chi connectivity index (χ4v) is 2.80. The first-order valence-electron chi connectivity index (χ1n) is 6.57. The van der Waals surface area contributed by atoms with Gasteiger partial charge in [-0.1, -0.05) is 19.8 Å². The van der Waals surface area contributed by atoms with Crippen molar-refractivity contribution in [3.63, 3.8) is 0 Å². The van der Waals surface area contributed by atoms with Crippen molar-refractivity contribution in [3.8, 4) is 0 Å². The van der Waals surface area contributed by atoms with E-state index in [0.29, 0.717) is 5.41 Å². The minimum Gasteiger partial charge on any atom is -0.380 e. The lowest BCUT2D eigenvalue weighted by molar-refractivity contribution is -0.142. The Kier molecular flexibility index (Phi) is 3.68. The van der Waals surface area contributed by atoms with E-state index in [0.717, 1.165) is 19.3 Å². The molecule has 1 spiro atoms. The van der Waals surface area contributed by atoms with E-state index in [1.807, 2.05) is 0 Å². The van der Waals surface area contributed by atoms with Gasteiger partial charge in [0.1, 0.15) is 0 Å². The molecule has 15 heavy (non-hydrogen) atoms. The lowest BCUT2D eigenvalue weighted by atomic mass is 9.76. The maximum atomic E-state index is 5.36. The van der Waals surface area contributed by atoms with E-state index >= 15 is 0 Å². The molecule has 0 unspecified atom stereocenters. The highest BCUT2D eigenvalue weighted by atomic mass is 16.5. The van der Waals surface area contributed by atoms with Gasteiger partial charge in [-0.05, 0) is 39.3 Å². The summed E-state index contributed by atoms with van der Waals surface area (Å²) in [6, 6.07) is 0.795. The summed E-state index contributed by atoms with van der Waals surface area (Å²) in [6.07, 6.45) is 6.81. The summed E-state index contributed by atoms with van der Waals surface area (Å²) in [5.74, 6) is 0. The van der Waals surface area contributed by atoms with Crippen LogP contribution in [0.4, 0.5) is 0 Å². The average Bonchev–Trinajstić information content (AvgIpc) is 2.24. The van der Waals surface area contributed by atoms with Crippen LogP contribution in [0.25, 0.3) is 0 Å². The van der Waals surface area contributed by atoms with Gasteiger partial charge in [0.15, 0.2) is 0 Å². The van der Waals surface area contributed by atoms with Crippen LogP contribution in [0.3, 0.4) is 0 Å². The Labute approximate surface area is 94.0 Å². The standard InChI is InChI=1S/C13H25NO/c1-3-4-5-12(2)14-8-6-13(7-9-14)10-15-11-13/h12H,3-11H2,1-2H3/t12-/m0/s1. The quantitative estimate of drug-likeness (QED) is 0.709. The number of piperidine rings is 1. The molecule has 2 rings (SSSR count). The number of nitrogens with zero attached hydrogens (tertiary/aromatic N) is 1. The Hall–Kier alpha value is -0.0800. The summed E-state index contributed by atoms with van der Waals surface area (Å²) in [4.78, 5) is 2.68. The van der Waals surface area contributed by atoms with Crippen molar-refractivity contribution in [2.24, 2.45) is 5.41 Å². The van der Waals surface area contributed by atoms with E-state index in [-0.39, 0.29) is 0 Å². The fourth-order valence-electron chi connectivity index (χ4n) is 2.80. The normalized spacial score (nSPS) is 27.6. The Morgan fingerprint density at radius 3 is 2.40 bits per heavy atom. The number of rotatable bonds is 4. The highest BCUT2D eigenvalue weighted by molar-refractivity contribution is 4.91. The topological polar surface area (TPSA) is 12.5 Å². The van der Waals surface area contributed by atoms with Gasteiger partial charge in [-0.2, -0.15) is 0 Å². The summed E-state index contributed by atoms with van der Waals surface area (Å²) in [7, 11) is 0. The van der Waals surface area contributed by atoms with E-state index in [1.54, 1.807) is 0 Å². The highest BCUT2D eigenvalue weighted by Gasteiger charge is 2.41. The third kappa shape index (κ3) is 2.54. The lowest BCUT2D eigenvalue weighted by Crippen LogP contribution is -2.52. The molecule has 88 valence electrons. The lowest BCUT2D eigenvalue weighted by Gasteiger charge is -2.48. The van der Waals surface area contributed by atoms with Crippen molar-refractivity contribution < 1.29 is 4.74 Å². The molecule has 2 aliphatic heterocycles. The molecule has 0 bridgehead atoms. The van der Waals surface area contributed by atoms with Gasteiger partial charge in [0.05, 0.1) is 13.2 Å². The van der Waals surface area contributed by atoms with Crippen molar-refractivity contribution in [3.05, 3.63) is 0 Å². The van der Waals surface area contributed by atoms with Gasteiger partial charge in [-0.15, -0.1) is 0 Å². The van der Waals surface area contributed by atoms with Gasteiger partial charge >= 0.3 is 0 Å². The van der Waals surface area contributed by atoms with Crippen molar-refractivity contribution in [2.45, 2.75) is 52.0 Å². The largest absolute Gasteiger partial charge is 0.380 e. The Morgan fingerprint density at radius 1 is 1.27 bits per heavy atom. The number of hydrogen-bond acceptors (Lipinski definition) is 2. The molecule has 0 N–H and O–H groups in total. The predicted molar refractivity (Wildman–Crippen MR) is 63.0 cm³/mol. The van der Waals surface area contributed by atoms with E-state index in [4.69, 9.17) is 4.74 Å². The first-order chi connectivity index (χ1) is 7.26. The molecule has 2 nitrogen and oxygen atoms in total. The summed E-state index contributed by atoms with van der Waals surface area (Å²) in [6.45, 7) is 9.34. The van der Waals surface area contributed by atoms with Crippen LogP contribution in [0.15, 0.2) is 0 Å². The van der Waals surface area contributed by atoms with Crippen LogP contribution >= 0.6 is 0 Å². The Morgan fingerprint density at radius 2 is 1.93 bits per heavy atom. The zero-order chi connectivity index (χ0) is 10.7. The summed E-state index contributed by atoms with van der Waals surface area (Å²) >= 11 is 0. The molecule has 0 aromatic heterocycles. The molecule has 1 atom stereocenters. The van der Waals surface area contributed by atoms with Crippen LogP contribution in [-0.4, -0.2) is 37.2 Å². The molecular weight excluding hydrogens is 186 g/mol. The van der Waals surface area contributed by atoms with Gasteiger partial charge < -0.3 is 9.64 Å². The molecule has 2 heterocycles. The Balaban J connectivity index is 1.72. The zero-order valence-corrected chi connectivity index (χ0v) is 10.3. The molecule has 0 amide bonds. The number of likely N-dealkylation sites (tertiary alicyclic amines) is 1. The van der Waals surface area contributed by atoms with Crippen molar-refractivity contribution in [2.75, 3.05) is 26.3 Å². The molecule has 2 heteroatoms. The maximum absolute atomic E-state index is 5.36. The van der Waals surface area contributed by atoms with Crippen molar-refractivity contribution >= 4 is 0 Å². The van der Waals surface area contributed by atoms with Crippen LogP contribution in [0.1, 0.15) is 46.0 Å². The van der Waals surface area contributed by atoms with E-state index in [1.165, 1.54) is 45.2 Å². The van der Waals surface area contributed by atoms with Crippen molar-refractivity contribution in [1.82, 2.24) is 4.90 Å². The van der Waals surface area contributed by atoms with Crippen LogP contribution in [0.2, 0.25) is 0 Å². The molecule has 0 aliphatic carbocycles. The van der Waals surface area contributed by atoms with E-state index in [9.17, 15) is 0 Å². The number of hydrogen-bond donors (Lipinski definition) is 0. The molecular formula is C13H25NO. The molecule has 2 aliphatic rings. The van der Waals surface area contributed by atoms with Crippen LogP contribution in [-0.2, 0) is 4.74 Å². The molecule has 2 saturated heterocycles. The first-order valence-corrected chi connectivity index (χ1v) is 6.57.